The first-order valence-electron chi connectivity index (χ1n) is 19.4. The Labute approximate surface area is 330 Å². The van der Waals surface area contributed by atoms with Crippen LogP contribution in [-0.2, 0) is 22.5 Å². The Morgan fingerprint density at radius 1 is 0.860 bits per heavy atom. The average molecular weight is 775 g/mol. The number of amides is 2. The summed E-state index contributed by atoms with van der Waals surface area (Å²) < 4.78 is 3.30. The number of nitrogens with zero attached hydrogens (tertiary/aromatic N) is 6. The van der Waals surface area contributed by atoms with Crippen molar-refractivity contribution in [2.45, 2.75) is 90.4 Å². The average Bonchev–Trinajstić information content (AvgIpc) is 3.45. The summed E-state index contributed by atoms with van der Waals surface area (Å²) in [5, 5.41) is 12.4. The maximum absolute atomic E-state index is 14.4. The maximum Gasteiger partial charge on any atom is 0.277 e. The molecule has 3 aliphatic rings. The number of fused-ring (bicyclic) bond motifs is 2. The second kappa shape index (κ2) is 15.7. The van der Waals surface area contributed by atoms with E-state index in [0.717, 1.165) is 43.4 Å². The van der Waals surface area contributed by atoms with E-state index < -0.39 is 11.3 Å². The van der Waals surface area contributed by atoms with Gasteiger partial charge in [0.2, 0.25) is 6.41 Å². The number of carbonyl (C=O) groups excluding carboxylic acids is 2. The van der Waals surface area contributed by atoms with Gasteiger partial charge in [-0.3, -0.25) is 28.3 Å². The smallest absolute Gasteiger partial charge is 0.277 e. The van der Waals surface area contributed by atoms with E-state index in [2.05, 4.69) is 67.2 Å². The first-order chi connectivity index (χ1) is 27.3. The fourth-order valence-corrected chi connectivity index (χ4v) is 8.75. The molecule has 0 fully saturated rings. The third kappa shape index (κ3) is 7.63. The summed E-state index contributed by atoms with van der Waals surface area (Å²) in [5.41, 5.74) is 12.4. The molecule has 0 radical (unpaired) electrons. The zero-order valence-corrected chi connectivity index (χ0v) is 32.7. The molecule has 5 heterocycles. The lowest BCUT2D eigenvalue weighted by Gasteiger charge is -2.41. The van der Waals surface area contributed by atoms with Crippen molar-refractivity contribution in [1.82, 2.24) is 39.7 Å². The van der Waals surface area contributed by atoms with Crippen molar-refractivity contribution in [2.24, 2.45) is 17.8 Å². The zero-order valence-electron chi connectivity index (χ0n) is 32.7. The first-order valence-corrected chi connectivity index (χ1v) is 19.4. The lowest BCUT2D eigenvalue weighted by Crippen LogP contribution is -2.54. The maximum atomic E-state index is 14.4. The highest BCUT2D eigenvalue weighted by molar-refractivity contribution is 5.97. The number of rotatable bonds is 13. The molecule has 2 amide bonds. The summed E-state index contributed by atoms with van der Waals surface area (Å²) in [4.78, 5) is 70.3. The summed E-state index contributed by atoms with van der Waals surface area (Å²) in [6.45, 7) is 8.06. The Kier molecular flexibility index (Phi) is 10.7. The van der Waals surface area contributed by atoms with E-state index in [1.54, 1.807) is 27.3 Å². The fraction of sp³-hybridized carbons (Fsp3) is 0.415. The van der Waals surface area contributed by atoms with Gasteiger partial charge in [0.25, 0.3) is 17.0 Å². The molecule has 0 aromatic carbocycles. The van der Waals surface area contributed by atoms with Crippen molar-refractivity contribution in [2.75, 3.05) is 22.1 Å². The van der Waals surface area contributed by atoms with Crippen LogP contribution in [0.15, 0.2) is 70.8 Å². The van der Waals surface area contributed by atoms with E-state index in [4.69, 9.17) is 11.5 Å². The highest BCUT2D eigenvalue weighted by atomic mass is 16.2. The van der Waals surface area contributed by atoms with Crippen LogP contribution in [0.2, 0.25) is 0 Å². The van der Waals surface area contributed by atoms with Crippen molar-refractivity contribution in [1.29, 1.82) is 0 Å². The van der Waals surface area contributed by atoms with Gasteiger partial charge >= 0.3 is 0 Å². The third-order valence-electron chi connectivity index (χ3n) is 11.6. The fourth-order valence-electron chi connectivity index (χ4n) is 8.75. The number of carbonyl (C=O) groups is 2. The topological polar surface area (TPSA) is 230 Å². The lowest BCUT2D eigenvalue weighted by atomic mass is 9.79. The van der Waals surface area contributed by atoms with Crippen molar-refractivity contribution in [3.8, 4) is 0 Å². The number of nitrogens with one attached hydrogen (secondary N) is 4. The predicted octanol–water partition coefficient (Wildman–Crippen LogP) is 4.65. The first kappa shape index (κ1) is 38.9. The number of allylic oxidation sites excluding steroid dienone is 2. The predicted molar refractivity (Wildman–Crippen MR) is 219 cm³/mol. The Hall–Kier alpha value is -6.32. The van der Waals surface area contributed by atoms with Crippen LogP contribution in [0, 0.1) is 31.6 Å². The number of pyridine rings is 2. The molecule has 4 unspecified atom stereocenters. The summed E-state index contributed by atoms with van der Waals surface area (Å²) in [6, 6.07) is 6.64. The van der Waals surface area contributed by atoms with Crippen molar-refractivity contribution >= 4 is 47.0 Å². The molecule has 8 N–H and O–H groups in total. The van der Waals surface area contributed by atoms with E-state index in [9.17, 15) is 19.2 Å². The molecule has 0 saturated heterocycles. The molecule has 2 aliphatic carbocycles. The normalized spacial score (nSPS) is 22.4. The molecule has 0 bridgehead atoms. The number of anilines is 6. The van der Waals surface area contributed by atoms with Gasteiger partial charge in [-0.15, -0.1) is 0 Å². The molecule has 4 atom stereocenters. The number of aryl methyl sites for hydroxylation is 2. The van der Waals surface area contributed by atoms with Crippen molar-refractivity contribution < 1.29 is 9.59 Å². The standard InChI is InChI=1S/C41H50N12O4/c1-24(2)29-12-8-13-40(20-29,48-23-54)52-26(4)28(16-31(38(52)56)50-35-18-33(43)45-22-47-35)11-6-5-9-27-10-7-14-41(19-27)51-37(55)36-25(3)15-30(39(57)53(36)41)49-34-17-32(42)44-21-46-34/h7-8,13-18,21-24,27,29H,5-6,9-12,19-20H2,1-4H3,(H,48,54)(H,51,55)(H3,42,44,46,49)(H3,43,45,47,50). The number of nitrogens with two attached hydrogens (primary N) is 2. The highest BCUT2D eigenvalue weighted by Crippen LogP contribution is 2.39. The Morgan fingerprint density at radius 2 is 1.51 bits per heavy atom. The largest absolute Gasteiger partial charge is 0.384 e. The zero-order chi connectivity index (χ0) is 40.5. The van der Waals surface area contributed by atoms with Gasteiger partial charge in [-0.05, 0) is 112 Å². The van der Waals surface area contributed by atoms with Crippen LogP contribution in [0.4, 0.5) is 34.6 Å². The van der Waals surface area contributed by atoms with E-state index >= 15 is 0 Å². The molecule has 57 heavy (non-hydrogen) atoms. The lowest BCUT2D eigenvalue weighted by molar-refractivity contribution is -0.112. The van der Waals surface area contributed by atoms with Gasteiger partial charge < -0.3 is 32.7 Å². The molecule has 7 rings (SSSR count). The molecular weight excluding hydrogens is 725 g/mol. The molecule has 16 nitrogen and oxygen atoms in total. The summed E-state index contributed by atoms with van der Waals surface area (Å²) in [5.74, 6) is 1.77. The van der Waals surface area contributed by atoms with Gasteiger partial charge in [-0.1, -0.05) is 32.4 Å². The second-order valence-corrected chi connectivity index (χ2v) is 15.8. The van der Waals surface area contributed by atoms with Crippen LogP contribution < -0.4 is 43.9 Å². The quantitative estimate of drug-likeness (QED) is 0.0619. The third-order valence-corrected chi connectivity index (χ3v) is 11.6. The second-order valence-electron chi connectivity index (χ2n) is 15.8. The van der Waals surface area contributed by atoms with E-state index in [-0.39, 0.29) is 46.2 Å². The molecule has 16 heteroatoms. The van der Waals surface area contributed by atoms with Gasteiger partial charge in [0.1, 0.15) is 64.3 Å². The number of nitrogen functional groups attached to an aromatic ring is 2. The van der Waals surface area contributed by atoms with Gasteiger partial charge in [0, 0.05) is 17.8 Å². The molecule has 0 saturated carbocycles. The van der Waals surface area contributed by atoms with Crippen LogP contribution in [0.3, 0.4) is 0 Å². The van der Waals surface area contributed by atoms with Crippen LogP contribution >= 0.6 is 0 Å². The molecular formula is C41H50N12O4. The number of unbranched alkanes of at least 4 members (excludes halogenated alkanes) is 1. The van der Waals surface area contributed by atoms with Gasteiger partial charge in [0.15, 0.2) is 0 Å². The molecule has 1 spiro atoms. The summed E-state index contributed by atoms with van der Waals surface area (Å²) in [6.07, 6.45) is 17.3. The molecule has 4 aromatic heterocycles. The number of hydrogen-bond acceptors (Lipinski definition) is 12. The number of hydrogen-bond donors (Lipinski definition) is 6. The summed E-state index contributed by atoms with van der Waals surface area (Å²) >= 11 is 0. The van der Waals surface area contributed by atoms with Gasteiger partial charge in [0.05, 0.1) is 0 Å². The van der Waals surface area contributed by atoms with Gasteiger partial charge in [-0.25, -0.2) is 19.9 Å². The van der Waals surface area contributed by atoms with Gasteiger partial charge in [-0.2, -0.15) is 0 Å². The minimum atomic E-state index is -1.05. The Balaban J connectivity index is 1.13. The Morgan fingerprint density at radius 3 is 2.16 bits per heavy atom. The molecule has 4 aromatic rings. The SMILES string of the molecule is Cc1cc(Nc2cc(N)ncn2)c(=O)n2c1C(=O)NC21C=CCC(CCCCc2cc(Nc3cc(N)ncn3)c(=O)n(C3(NC=O)C=CCC(C(C)C)C3)c2C)C1. The van der Waals surface area contributed by atoms with E-state index in [1.165, 1.54) is 12.7 Å². The highest BCUT2D eigenvalue weighted by Gasteiger charge is 2.45. The van der Waals surface area contributed by atoms with Crippen LogP contribution in [0.1, 0.15) is 86.1 Å². The monoisotopic (exact) mass is 774 g/mol. The molecule has 1 aliphatic heterocycles. The van der Waals surface area contributed by atoms with Crippen LogP contribution in [0.5, 0.6) is 0 Å². The van der Waals surface area contributed by atoms with E-state index in [0.29, 0.717) is 60.2 Å². The minimum Gasteiger partial charge on any atom is -0.384 e. The Bertz CT molecular complexity index is 2390. The summed E-state index contributed by atoms with van der Waals surface area (Å²) in [7, 11) is 0. The van der Waals surface area contributed by atoms with Crippen molar-refractivity contribution in [3.05, 3.63) is 104 Å². The number of aromatic nitrogens is 6. The molecule has 298 valence electrons. The van der Waals surface area contributed by atoms with Crippen LogP contribution in [-0.4, -0.2) is 41.4 Å². The van der Waals surface area contributed by atoms with Crippen molar-refractivity contribution in [3.63, 3.8) is 0 Å². The van der Waals surface area contributed by atoms with Crippen LogP contribution in [0.25, 0.3) is 0 Å². The van der Waals surface area contributed by atoms with E-state index in [1.807, 2.05) is 32.1 Å². The minimum absolute atomic E-state index is 0.183.